The van der Waals surface area contributed by atoms with E-state index < -0.39 is 11.2 Å². The van der Waals surface area contributed by atoms with Gasteiger partial charge in [-0.25, -0.2) is 4.79 Å². The van der Waals surface area contributed by atoms with Gasteiger partial charge < -0.3 is 14.7 Å². The Labute approximate surface area is 182 Å². The summed E-state index contributed by atoms with van der Waals surface area (Å²) >= 11 is 1.10. The quantitative estimate of drug-likeness (QED) is 0.406. The Bertz CT molecular complexity index is 1240. The Morgan fingerprint density at radius 1 is 1.29 bits per heavy atom. The van der Waals surface area contributed by atoms with Crippen molar-refractivity contribution in [1.82, 2.24) is 19.7 Å². The van der Waals surface area contributed by atoms with Crippen molar-refractivity contribution in [2.24, 2.45) is 0 Å². The van der Waals surface area contributed by atoms with E-state index in [0.29, 0.717) is 11.3 Å². The van der Waals surface area contributed by atoms with Gasteiger partial charge in [0, 0.05) is 23.5 Å². The van der Waals surface area contributed by atoms with Crippen LogP contribution in [0.15, 0.2) is 50.1 Å². The number of hydrogen-bond acceptors (Lipinski definition) is 7. The molecular weight excluding hydrogens is 418 g/mol. The molecule has 0 atom stereocenters. The SMILES string of the molecule is C=CCn1c(=O)[nH]c(C)c(Cc2nnc(SCC(=O)Nc3ccc(C)cc3C)o2)c1=O. The van der Waals surface area contributed by atoms with Crippen LogP contribution in [0.5, 0.6) is 0 Å². The Morgan fingerprint density at radius 3 is 2.77 bits per heavy atom. The molecule has 0 spiro atoms. The molecule has 9 nitrogen and oxygen atoms in total. The summed E-state index contributed by atoms with van der Waals surface area (Å²) in [6.45, 7) is 9.22. The zero-order valence-electron chi connectivity index (χ0n) is 17.5. The van der Waals surface area contributed by atoms with Gasteiger partial charge >= 0.3 is 5.69 Å². The van der Waals surface area contributed by atoms with E-state index in [1.165, 1.54) is 6.08 Å². The fourth-order valence-electron chi connectivity index (χ4n) is 3.01. The molecule has 10 heteroatoms. The summed E-state index contributed by atoms with van der Waals surface area (Å²) in [4.78, 5) is 39.4. The van der Waals surface area contributed by atoms with Crippen molar-refractivity contribution < 1.29 is 9.21 Å². The normalized spacial score (nSPS) is 10.8. The van der Waals surface area contributed by atoms with Crippen LogP contribution < -0.4 is 16.6 Å². The van der Waals surface area contributed by atoms with E-state index in [2.05, 4.69) is 27.1 Å². The lowest BCUT2D eigenvalue weighted by Gasteiger charge is -2.08. The lowest BCUT2D eigenvalue weighted by atomic mass is 10.1. The number of amides is 1. The third-order valence-corrected chi connectivity index (χ3v) is 5.38. The second-order valence-electron chi connectivity index (χ2n) is 7.03. The second-order valence-corrected chi connectivity index (χ2v) is 7.96. The molecule has 162 valence electrons. The number of thioether (sulfide) groups is 1. The summed E-state index contributed by atoms with van der Waals surface area (Å²) in [5.74, 6) is 0.119. The molecule has 2 heterocycles. The molecule has 0 radical (unpaired) electrons. The summed E-state index contributed by atoms with van der Waals surface area (Å²) in [6, 6.07) is 5.79. The minimum atomic E-state index is -0.497. The number of allylic oxidation sites excluding steroid dienone is 1. The lowest BCUT2D eigenvalue weighted by Crippen LogP contribution is -2.37. The van der Waals surface area contributed by atoms with Crippen molar-refractivity contribution in [3.05, 3.63) is 80.0 Å². The average molecular weight is 442 g/mol. The van der Waals surface area contributed by atoms with Gasteiger partial charge in [-0.3, -0.25) is 14.2 Å². The van der Waals surface area contributed by atoms with Crippen molar-refractivity contribution in [2.75, 3.05) is 11.1 Å². The number of rotatable bonds is 8. The van der Waals surface area contributed by atoms with E-state index in [0.717, 1.165) is 33.1 Å². The molecule has 1 aromatic carbocycles. The van der Waals surface area contributed by atoms with Crippen LogP contribution >= 0.6 is 11.8 Å². The Kier molecular flexibility index (Phi) is 6.91. The van der Waals surface area contributed by atoms with Gasteiger partial charge in [0.2, 0.25) is 11.8 Å². The molecule has 3 rings (SSSR count). The number of hydrogen-bond donors (Lipinski definition) is 2. The zero-order chi connectivity index (χ0) is 22.5. The second kappa shape index (κ2) is 9.61. The Hall–Kier alpha value is -3.40. The fraction of sp³-hybridized carbons (Fsp3) is 0.286. The van der Waals surface area contributed by atoms with Gasteiger partial charge in [-0.2, -0.15) is 0 Å². The van der Waals surface area contributed by atoms with Crippen molar-refractivity contribution in [1.29, 1.82) is 0 Å². The van der Waals surface area contributed by atoms with Crippen LogP contribution in [0.25, 0.3) is 0 Å². The number of benzene rings is 1. The molecule has 2 aromatic heterocycles. The van der Waals surface area contributed by atoms with Crippen molar-refractivity contribution >= 4 is 23.4 Å². The maximum absolute atomic E-state index is 12.6. The number of aromatic amines is 1. The van der Waals surface area contributed by atoms with Crippen LogP contribution in [0.1, 0.15) is 28.3 Å². The van der Waals surface area contributed by atoms with E-state index in [4.69, 9.17) is 4.42 Å². The van der Waals surface area contributed by atoms with Gasteiger partial charge in [0.05, 0.1) is 12.2 Å². The van der Waals surface area contributed by atoms with Gasteiger partial charge in [-0.05, 0) is 32.4 Å². The highest BCUT2D eigenvalue weighted by atomic mass is 32.2. The minimum absolute atomic E-state index is 0.0703. The molecule has 31 heavy (non-hydrogen) atoms. The van der Waals surface area contributed by atoms with Gasteiger partial charge in [0.1, 0.15) is 0 Å². The first-order chi connectivity index (χ1) is 14.8. The Balaban J connectivity index is 1.65. The molecule has 3 aromatic rings. The number of carbonyl (C=O) groups excluding carboxylic acids is 1. The van der Waals surface area contributed by atoms with Crippen LogP contribution in [0.4, 0.5) is 5.69 Å². The highest BCUT2D eigenvalue weighted by Gasteiger charge is 2.16. The van der Waals surface area contributed by atoms with Gasteiger partial charge in [-0.1, -0.05) is 35.5 Å². The predicted molar refractivity (Wildman–Crippen MR) is 119 cm³/mol. The zero-order valence-corrected chi connectivity index (χ0v) is 18.3. The summed E-state index contributed by atoms with van der Waals surface area (Å²) < 4.78 is 6.62. The van der Waals surface area contributed by atoms with E-state index in [1.807, 2.05) is 32.0 Å². The number of nitrogens with zero attached hydrogens (tertiary/aromatic N) is 3. The predicted octanol–water partition coefficient (Wildman–Crippen LogP) is 2.35. The molecule has 1 amide bonds. The van der Waals surface area contributed by atoms with E-state index in [1.54, 1.807) is 6.92 Å². The number of carbonyl (C=O) groups is 1. The first kappa shape index (κ1) is 22.3. The number of anilines is 1. The van der Waals surface area contributed by atoms with Gasteiger partial charge in [0.25, 0.3) is 10.8 Å². The van der Waals surface area contributed by atoms with Gasteiger partial charge in [0.15, 0.2) is 0 Å². The van der Waals surface area contributed by atoms with E-state index >= 15 is 0 Å². The molecule has 0 saturated heterocycles. The molecule has 0 fully saturated rings. The maximum atomic E-state index is 12.6. The molecule has 0 aliphatic heterocycles. The summed E-state index contributed by atoms with van der Waals surface area (Å²) in [5.41, 5.74) is 2.73. The fourth-order valence-corrected chi connectivity index (χ4v) is 3.59. The Morgan fingerprint density at radius 2 is 2.06 bits per heavy atom. The van der Waals surface area contributed by atoms with Crippen molar-refractivity contribution in [3.63, 3.8) is 0 Å². The number of aromatic nitrogens is 4. The number of H-pyrrole nitrogens is 1. The van der Waals surface area contributed by atoms with Gasteiger partial charge in [-0.15, -0.1) is 16.8 Å². The minimum Gasteiger partial charge on any atom is -0.416 e. The van der Waals surface area contributed by atoms with Crippen LogP contribution in [-0.2, 0) is 17.8 Å². The van der Waals surface area contributed by atoms with E-state index in [-0.39, 0.29) is 35.7 Å². The molecule has 0 unspecified atom stereocenters. The van der Waals surface area contributed by atoms with Crippen LogP contribution in [0.2, 0.25) is 0 Å². The first-order valence-electron chi connectivity index (χ1n) is 9.54. The summed E-state index contributed by atoms with van der Waals surface area (Å²) in [6.07, 6.45) is 1.54. The smallest absolute Gasteiger partial charge is 0.328 e. The monoisotopic (exact) mass is 441 g/mol. The molecule has 0 saturated carbocycles. The summed E-state index contributed by atoms with van der Waals surface area (Å²) in [7, 11) is 0. The van der Waals surface area contributed by atoms with Crippen LogP contribution in [0, 0.1) is 20.8 Å². The highest BCUT2D eigenvalue weighted by Crippen LogP contribution is 2.20. The number of aryl methyl sites for hydroxylation is 3. The van der Waals surface area contributed by atoms with Crippen molar-refractivity contribution in [2.45, 2.75) is 39.0 Å². The topological polar surface area (TPSA) is 123 Å². The summed E-state index contributed by atoms with van der Waals surface area (Å²) in [5, 5.41) is 11.0. The lowest BCUT2D eigenvalue weighted by molar-refractivity contribution is -0.113. The van der Waals surface area contributed by atoms with Crippen molar-refractivity contribution in [3.8, 4) is 0 Å². The first-order valence-corrected chi connectivity index (χ1v) is 10.5. The highest BCUT2D eigenvalue weighted by molar-refractivity contribution is 7.99. The molecular formula is C21H23N5O4S. The largest absolute Gasteiger partial charge is 0.416 e. The third-order valence-electron chi connectivity index (χ3n) is 4.57. The molecule has 2 N–H and O–H groups in total. The molecule has 0 aliphatic rings. The molecule has 0 bridgehead atoms. The maximum Gasteiger partial charge on any atom is 0.328 e. The average Bonchev–Trinajstić information content (AvgIpc) is 3.16. The number of nitrogens with one attached hydrogen (secondary N) is 2. The standard InChI is InChI=1S/C21H23N5O4S/c1-5-8-26-19(28)15(14(4)22-20(26)29)10-18-24-25-21(30-18)31-11-17(27)23-16-7-6-12(2)9-13(16)3/h5-7,9H,1,8,10-11H2,2-4H3,(H,22,29)(H,23,27). The molecule has 0 aliphatic carbocycles. The van der Waals surface area contributed by atoms with Crippen LogP contribution in [0.3, 0.4) is 0 Å². The van der Waals surface area contributed by atoms with Crippen LogP contribution in [-0.4, -0.2) is 31.4 Å². The third kappa shape index (κ3) is 5.40. The van der Waals surface area contributed by atoms with E-state index in [9.17, 15) is 14.4 Å².